The van der Waals surface area contributed by atoms with Gasteiger partial charge in [-0.1, -0.05) is 13.3 Å². The molecule has 0 aromatic carbocycles. The highest BCUT2D eigenvalue weighted by Crippen LogP contribution is 2.18. The summed E-state index contributed by atoms with van der Waals surface area (Å²) in [5, 5.41) is 4.58. The average molecular weight is 343 g/mol. The summed E-state index contributed by atoms with van der Waals surface area (Å²) in [5.41, 5.74) is 4.58. The number of aryl methyl sites for hydroxylation is 3. The van der Waals surface area contributed by atoms with E-state index in [2.05, 4.69) is 22.0 Å². The van der Waals surface area contributed by atoms with E-state index in [1.807, 2.05) is 45.6 Å². The molecule has 136 valence electrons. The number of unbranched alkanes of at least 4 members (excludes halogenated alkanes) is 1. The lowest BCUT2D eigenvalue weighted by molar-refractivity contribution is -0.130. The quantitative estimate of drug-likeness (QED) is 0.775. The zero-order valence-electron chi connectivity index (χ0n) is 16.3. The summed E-state index contributed by atoms with van der Waals surface area (Å²) in [6.45, 7) is 13.5. The van der Waals surface area contributed by atoms with Gasteiger partial charge in [-0.05, 0) is 47.1 Å². The van der Waals surface area contributed by atoms with Gasteiger partial charge in [-0.15, -0.1) is 0 Å². The molecule has 2 aromatic rings. The van der Waals surface area contributed by atoms with Crippen LogP contribution >= 0.6 is 0 Å². The molecule has 2 rings (SSSR count). The smallest absolute Gasteiger partial charge is 0.251 e. The van der Waals surface area contributed by atoms with Gasteiger partial charge in [0.05, 0.1) is 12.1 Å². The van der Waals surface area contributed by atoms with Crippen molar-refractivity contribution in [1.82, 2.24) is 24.6 Å². The Morgan fingerprint density at radius 3 is 2.32 bits per heavy atom. The second-order valence-electron chi connectivity index (χ2n) is 6.52. The Hall–Kier alpha value is -2.24. The van der Waals surface area contributed by atoms with Crippen LogP contribution in [0.1, 0.15) is 55.0 Å². The third kappa shape index (κ3) is 4.44. The Balaban J connectivity index is 2.28. The van der Waals surface area contributed by atoms with E-state index in [-0.39, 0.29) is 5.91 Å². The molecule has 0 radical (unpaired) electrons. The summed E-state index contributed by atoms with van der Waals surface area (Å²) >= 11 is 0. The molecule has 0 spiro atoms. The van der Waals surface area contributed by atoms with Crippen LogP contribution in [0.5, 0.6) is 0 Å². The highest BCUT2D eigenvalue weighted by Gasteiger charge is 2.20. The van der Waals surface area contributed by atoms with Crippen molar-refractivity contribution in [3.63, 3.8) is 0 Å². The predicted molar refractivity (Wildman–Crippen MR) is 99.0 cm³/mol. The highest BCUT2D eigenvalue weighted by atomic mass is 16.2. The lowest BCUT2D eigenvalue weighted by Crippen LogP contribution is -2.33. The van der Waals surface area contributed by atoms with Gasteiger partial charge in [0.2, 0.25) is 5.91 Å². The first-order valence-corrected chi connectivity index (χ1v) is 9.02. The molecule has 0 aliphatic rings. The maximum atomic E-state index is 12.7. The number of amides is 1. The number of likely N-dealkylation sites (N-methyl/N-ethyl adjacent to an activating group) is 1. The van der Waals surface area contributed by atoms with Crippen LogP contribution in [0.3, 0.4) is 0 Å². The molecule has 1 amide bonds. The Bertz CT molecular complexity index is 730. The van der Waals surface area contributed by atoms with E-state index in [1.165, 1.54) is 0 Å². The van der Waals surface area contributed by atoms with E-state index in [0.29, 0.717) is 12.4 Å². The van der Waals surface area contributed by atoms with E-state index in [9.17, 15) is 4.79 Å². The van der Waals surface area contributed by atoms with Crippen molar-refractivity contribution in [2.24, 2.45) is 0 Å². The molecule has 0 N–H and O–H groups in total. The standard InChI is InChI=1S/C19H29N5O/c1-7-9-10-23(8-2)18(25)12-17-15(5)22-24(16(17)6)19-20-13(3)11-14(4)21-19/h11H,7-10,12H2,1-6H3. The summed E-state index contributed by atoms with van der Waals surface area (Å²) in [6.07, 6.45) is 2.50. The summed E-state index contributed by atoms with van der Waals surface area (Å²) in [6, 6.07) is 1.94. The summed E-state index contributed by atoms with van der Waals surface area (Å²) in [5.74, 6) is 0.721. The second kappa shape index (κ2) is 8.23. The number of carbonyl (C=O) groups excluding carboxylic acids is 1. The predicted octanol–water partition coefficient (Wildman–Crippen LogP) is 3.09. The Kier molecular flexibility index (Phi) is 6.28. The molecular weight excluding hydrogens is 314 g/mol. The molecule has 2 aromatic heterocycles. The van der Waals surface area contributed by atoms with Gasteiger partial charge in [0.1, 0.15) is 0 Å². The van der Waals surface area contributed by atoms with Crippen molar-refractivity contribution < 1.29 is 4.79 Å². The lowest BCUT2D eigenvalue weighted by atomic mass is 10.1. The highest BCUT2D eigenvalue weighted by molar-refractivity contribution is 5.79. The number of aromatic nitrogens is 4. The molecule has 0 aliphatic carbocycles. The van der Waals surface area contributed by atoms with E-state index in [0.717, 1.165) is 54.3 Å². The van der Waals surface area contributed by atoms with Gasteiger partial charge in [-0.3, -0.25) is 4.79 Å². The minimum Gasteiger partial charge on any atom is -0.343 e. The van der Waals surface area contributed by atoms with Crippen molar-refractivity contribution in [3.8, 4) is 5.95 Å². The Labute approximate surface area is 150 Å². The molecule has 0 unspecified atom stereocenters. The number of rotatable bonds is 7. The van der Waals surface area contributed by atoms with Crippen LogP contribution in [0.15, 0.2) is 6.07 Å². The first-order chi connectivity index (χ1) is 11.9. The fraction of sp³-hybridized carbons (Fsp3) is 0.579. The monoisotopic (exact) mass is 343 g/mol. The van der Waals surface area contributed by atoms with E-state index < -0.39 is 0 Å². The Morgan fingerprint density at radius 1 is 1.12 bits per heavy atom. The van der Waals surface area contributed by atoms with Crippen molar-refractivity contribution in [3.05, 3.63) is 34.4 Å². The largest absolute Gasteiger partial charge is 0.343 e. The van der Waals surface area contributed by atoms with Gasteiger partial charge in [-0.25, -0.2) is 14.6 Å². The normalized spacial score (nSPS) is 11.0. The SMILES string of the molecule is CCCCN(CC)C(=O)Cc1c(C)nn(-c2nc(C)cc(C)n2)c1C. The topological polar surface area (TPSA) is 63.9 Å². The number of hydrogen-bond acceptors (Lipinski definition) is 4. The maximum absolute atomic E-state index is 12.7. The summed E-state index contributed by atoms with van der Waals surface area (Å²) < 4.78 is 1.75. The van der Waals surface area contributed by atoms with Crippen LogP contribution in [0.2, 0.25) is 0 Å². The minimum absolute atomic E-state index is 0.156. The van der Waals surface area contributed by atoms with Crippen molar-refractivity contribution in [2.45, 2.75) is 60.8 Å². The average Bonchev–Trinajstić information content (AvgIpc) is 2.83. The van der Waals surface area contributed by atoms with Crippen LogP contribution in [0, 0.1) is 27.7 Å². The van der Waals surface area contributed by atoms with Gasteiger partial charge < -0.3 is 4.90 Å². The van der Waals surface area contributed by atoms with Crippen molar-refractivity contribution >= 4 is 5.91 Å². The fourth-order valence-electron chi connectivity index (χ4n) is 3.00. The van der Waals surface area contributed by atoms with E-state index >= 15 is 0 Å². The molecule has 6 heteroatoms. The molecule has 0 saturated carbocycles. The van der Waals surface area contributed by atoms with Gasteiger partial charge in [0.15, 0.2) is 0 Å². The second-order valence-corrected chi connectivity index (χ2v) is 6.52. The van der Waals surface area contributed by atoms with E-state index in [4.69, 9.17) is 0 Å². The third-order valence-electron chi connectivity index (χ3n) is 4.45. The van der Waals surface area contributed by atoms with E-state index in [1.54, 1.807) is 4.68 Å². The minimum atomic E-state index is 0.156. The van der Waals surface area contributed by atoms with Crippen LogP contribution in [-0.4, -0.2) is 43.6 Å². The molecule has 0 aliphatic heterocycles. The number of hydrogen-bond donors (Lipinski definition) is 0. The first-order valence-electron chi connectivity index (χ1n) is 9.02. The molecule has 25 heavy (non-hydrogen) atoms. The van der Waals surface area contributed by atoms with Crippen molar-refractivity contribution in [2.75, 3.05) is 13.1 Å². The summed E-state index contributed by atoms with van der Waals surface area (Å²) in [4.78, 5) is 23.6. The fourth-order valence-corrected chi connectivity index (χ4v) is 3.00. The molecule has 0 fully saturated rings. The van der Waals surface area contributed by atoms with Crippen LogP contribution < -0.4 is 0 Å². The van der Waals surface area contributed by atoms with Crippen LogP contribution in [0.25, 0.3) is 5.95 Å². The zero-order valence-corrected chi connectivity index (χ0v) is 16.3. The van der Waals surface area contributed by atoms with Gasteiger partial charge in [0.25, 0.3) is 5.95 Å². The number of nitrogens with zero attached hydrogens (tertiary/aromatic N) is 5. The lowest BCUT2D eigenvalue weighted by Gasteiger charge is -2.20. The molecular formula is C19H29N5O. The zero-order chi connectivity index (χ0) is 18.6. The molecule has 2 heterocycles. The first kappa shape index (κ1) is 19.1. The summed E-state index contributed by atoms with van der Waals surface area (Å²) in [7, 11) is 0. The molecule has 0 saturated heterocycles. The number of carbonyl (C=O) groups is 1. The van der Waals surface area contributed by atoms with Crippen molar-refractivity contribution in [1.29, 1.82) is 0 Å². The molecule has 0 bridgehead atoms. The van der Waals surface area contributed by atoms with Crippen LogP contribution in [-0.2, 0) is 11.2 Å². The van der Waals surface area contributed by atoms with Gasteiger partial charge in [-0.2, -0.15) is 5.10 Å². The van der Waals surface area contributed by atoms with Gasteiger partial charge in [0, 0.05) is 35.7 Å². The molecule has 6 nitrogen and oxygen atoms in total. The van der Waals surface area contributed by atoms with Gasteiger partial charge >= 0.3 is 0 Å². The third-order valence-corrected chi connectivity index (χ3v) is 4.45. The van der Waals surface area contributed by atoms with Crippen LogP contribution in [0.4, 0.5) is 0 Å². The molecule has 0 atom stereocenters. The maximum Gasteiger partial charge on any atom is 0.251 e. The Morgan fingerprint density at radius 2 is 1.76 bits per heavy atom.